The highest BCUT2D eigenvalue weighted by molar-refractivity contribution is 7.37. The standard InChI is InChI=1S/C20H23F3NO5P/c1-4-24(30(26)27-5-2)19(25)14(3)28-16-10-12-18(13-11-16)29-17-8-6-15(7-9-17)20(21,22)23/h6-14,30H,4-5H2,1-3H3. The number of carbonyl (C=O) groups is 1. The summed E-state index contributed by atoms with van der Waals surface area (Å²) < 4.78 is 67.1. The van der Waals surface area contributed by atoms with Crippen molar-refractivity contribution in [3.8, 4) is 17.2 Å². The minimum atomic E-state index is -4.41. The molecule has 0 N–H and O–H groups in total. The zero-order chi connectivity index (χ0) is 22.3. The number of likely N-dealkylation sites (N-methyl/N-ethyl adjacent to an activating group) is 1. The third kappa shape index (κ3) is 6.50. The summed E-state index contributed by atoms with van der Waals surface area (Å²) >= 11 is 0. The average molecular weight is 445 g/mol. The van der Waals surface area contributed by atoms with Crippen LogP contribution in [0.3, 0.4) is 0 Å². The Bertz CT molecular complexity index is 856. The Morgan fingerprint density at radius 3 is 1.97 bits per heavy atom. The first kappa shape index (κ1) is 23.8. The number of carbonyl (C=O) groups excluding carboxylic acids is 1. The second-order valence-corrected chi connectivity index (χ2v) is 7.50. The molecular weight excluding hydrogens is 422 g/mol. The van der Waals surface area contributed by atoms with E-state index in [1.165, 1.54) is 12.1 Å². The van der Waals surface area contributed by atoms with Crippen LogP contribution in [0.25, 0.3) is 0 Å². The molecule has 30 heavy (non-hydrogen) atoms. The third-order valence-corrected chi connectivity index (χ3v) is 5.49. The monoisotopic (exact) mass is 445 g/mol. The summed E-state index contributed by atoms with van der Waals surface area (Å²) in [6.07, 6.45) is -5.30. The molecule has 2 atom stereocenters. The van der Waals surface area contributed by atoms with Gasteiger partial charge in [-0.3, -0.25) is 14.0 Å². The largest absolute Gasteiger partial charge is 0.481 e. The summed E-state index contributed by atoms with van der Waals surface area (Å²) in [6, 6.07) is 10.6. The molecule has 6 nitrogen and oxygen atoms in total. The van der Waals surface area contributed by atoms with Crippen LogP contribution in [0.5, 0.6) is 17.2 Å². The zero-order valence-electron chi connectivity index (χ0n) is 16.7. The summed E-state index contributed by atoms with van der Waals surface area (Å²) in [5.74, 6) is 0.556. The van der Waals surface area contributed by atoms with Crippen molar-refractivity contribution in [3.63, 3.8) is 0 Å². The molecule has 0 heterocycles. The topological polar surface area (TPSA) is 65.1 Å². The smallest absolute Gasteiger partial charge is 0.416 e. The molecule has 10 heteroatoms. The van der Waals surface area contributed by atoms with Gasteiger partial charge in [0, 0.05) is 6.54 Å². The Hall–Kier alpha value is -2.51. The summed E-state index contributed by atoms with van der Waals surface area (Å²) in [6.45, 7) is 5.38. The molecule has 1 amide bonds. The molecule has 0 saturated heterocycles. The number of benzene rings is 2. The van der Waals surface area contributed by atoms with E-state index in [9.17, 15) is 22.5 Å². The lowest BCUT2D eigenvalue weighted by Crippen LogP contribution is -2.36. The minimum absolute atomic E-state index is 0.226. The molecule has 0 aliphatic rings. The highest BCUT2D eigenvalue weighted by Gasteiger charge is 2.30. The molecular formula is C20H23F3NO5P. The first-order chi connectivity index (χ1) is 14.2. The lowest BCUT2D eigenvalue weighted by molar-refractivity contribution is -0.137. The second kappa shape index (κ2) is 10.5. The molecule has 0 saturated carbocycles. The number of rotatable bonds is 9. The quantitative estimate of drug-likeness (QED) is 0.474. The van der Waals surface area contributed by atoms with Crippen molar-refractivity contribution in [2.24, 2.45) is 0 Å². The van der Waals surface area contributed by atoms with Crippen LogP contribution in [0.1, 0.15) is 26.3 Å². The summed E-state index contributed by atoms with van der Waals surface area (Å²) in [5.41, 5.74) is -0.759. The van der Waals surface area contributed by atoms with Gasteiger partial charge in [-0.15, -0.1) is 0 Å². The molecule has 2 aromatic carbocycles. The highest BCUT2D eigenvalue weighted by atomic mass is 31.1. The van der Waals surface area contributed by atoms with Gasteiger partial charge in [-0.2, -0.15) is 13.2 Å². The lowest BCUT2D eigenvalue weighted by atomic mass is 10.2. The Balaban J connectivity index is 1.98. The van der Waals surface area contributed by atoms with Gasteiger partial charge < -0.3 is 14.0 Å². The van der Waals surface area contributed by atoms with E-state index < -0.39 is 31.9 Å². The Kier molecular flexibility index (Phi) is 8.32. The van der Waals surface area contributed by atoms with Crippen molar-refractivity contribution in [3.05, 3.63) is 54.1 Å². The van der Waals surface area contributed by atoms with Gasteiger partial charge in [-0.1, -0.05) is 0 Å². The molecule has 0 aliphatic heterocycles. The number of hydrogen-bond donors (Lipinski definition) is 0. The van der Waals surface area contributed by atoms with Crippen LogP contribution in [-0.2, 0) is 20.1 Å². The number of alkyl halides is 3. The van der Waals surface area contributed by atoms with Crippen LogP contribution in [0.4, 0.5) is 13.2 Å². The number of amides is 1. The molecule has 164 valence electrons. The van der Waals surface area contributed by atoms with Crippen molar-refractivity contribution in [2.45, 2.75) is 33.1 Å². The number of hydrogen-bond acceptors (Lipinski definition) is 5. The summed E-state index contributed by atoms with van der Waals surface area (Å²) in [4.78, 5) is 12.4. The van der Waals surface area contributed by atoms with Crippen molar-refractivity contribution in [1.82, 2.24) is 4.67 Å². The van der Waals surface area contributed by atoms with Gasteiger partial charge in [-0.25, -0.2) is 0 Å². The molecule has 0 bridgehead atoms. The lowest BCUT2D eigenvalue weighted by Gasteiger charge is -2.23. The fraction of sp³-hybridized carbons (Fsp3) is 0.350. The SMILES string of the molecule is CCO[PH](=O)N(CC)C(=O)C(C)Oc1ccc(Oc2ccc(C(F)(F)F)cc2)cc1. The molecule has 0 aromatic heterocycles. The third-order valence-electron chi connectivity index (χ3n) is 3.97. The van der Waals surface area contributed by atoms with Gasteiger partial charge in [0.05, 0.1) is 12.2 Å². The Morgan fingerprint density at radius 2 is 1.50 bits per heavy atom. The van der Waals surface area contributed by atoms with Crippen LogP contribution < -0.4 is 9.47 Å². The van der Waals surface area contributed by atoms with Crippen LogP contribution in [-0.4, -0.2) is 29.8 Å². The first-order valence-electron chi connectivity index (χ1n) is 9.25. The van der Waals surface area contributed by atoms with E-state index in [0.717, 1.165) is 16.8 Å². The molecule has 2 aromatic rings. The van der Waals surface area contributed by atoms with E-state index in [0.29, 0.717) is 11.5 Å². The van der Waals surface area contributed by atoms with Crippen LogP contribution in [0.2, 0.25) is 0 Å². The summed E-state index contributed by atoms with van der Waals surface area (Å²) in [5, 5.41) is 0. The van der Waals surface area contributed by atoms with Crippen LogP contribution in [0, 0.1) is 0 Å². The van der Waals surface area contributed by atoms with Gasteiger partial charge in [-0.05, 0) is 69.3 Å². The van der Waals surface area contributed by atoms with E-state index in [1.54, 1.807) is 45.0 Å². The molecule has 0 radical (unpaired) electrons. The fourth-order valence-corrected chi connectivity index (χ4v) is 3.51. The maximum absolute atomic E-state index is 12.6. The van der Waals surface area contributed by atoms with Gasteiger partial charge in [0.15, 0.2) is 6.10 Å². The average Bonchev–Trinajstić information content (AvgIpc) is 2.70. The predicted octanol–water partition coefficient (Wildman–Crippen LogP) is 5.54. The van der Waals surface area contributed by atoms with E-state index in [4.69, 9.17) is 14.0 Å². The van der Waals surface area contributed by atoms with E-state index in [-0.39, 0.29) is 18.9 Å². The number of ether oxygens (including phenoxy) is 2. The van der Waals surface area contributed by atoms with Crippen LogP contribution in [0.15, 0.2) is 48.5 Å². The fourth-order valence-electron chi connectivity index (χ4n) is 2.48. The predicted molar refractivity (Wildman–Crippen MR) is 106 cm³/mol. The van der Waals surface area contributed by atoms with Crippen LogP contribution >= 0.6 is 8.18 Å². The van der Waals surface area contributed by atoms with Gasteiger partial charge in [0.2, 0.25) is 0 Å². The van der Waals surface area contributed by atoms with E-state index in [1.807, 2.05) is 0 Å². The minimum Gasteiger partial charge on any atom is -0.481 e. The van der Waals surface area contributed by atoms with Crippen molar-refractivity contribution >= 4 is 14.1 Å². The highest BCUT2D eigenvalue weighted by Crippen LogP contribution is 2.32. The Morgan fingerprint density at radius 1 is 1.00 bits per heavy atom. The van der Waals surface area contributed by atoms with E-state index in [2.05, 4.69) is 0 Å². The number of nitrogens with zero attached hydrogens (tertiary/aromatic N) is 1. The van der Waals surface area contributed by atoms with Gasteiger partial charge in [0.1, 0.15) is 17.2 Å². The van der Waals surface area contributed by atoms with E-state index >= 15 is 0 Å². The Labute approximate surface area is 173 Å². The van der Waals surface area contributed by atoms with Crippen molar-refractivity contribution in [1.29, 1.82) is 0 Å². The second-order valence-electron chi connectivity index (χ2n) is 6.14. The number of halogens is 3. The molecule has 0 spiro atoms. The molecule has 0 aliphatic carbocycles. The maximum Gasteiger partial charge on any atom is 0.416 e. The molecule has 2 unspecified atom stereocenters. The maximum atomic E-state index is 12.6. The van der Waals surface area contributed by atoms with Gasteiger partial charge in [0.25, 0.3) is 14.1 Å². The zero-order valence-corrected chi connectivity index (χ0v) is 17.7. The summed E-state index contributed by atoms with van der Waals surface area (Å²) in [7, 11) is -2.65. The molecule has 0 fully saturated rings. The van der Waals surface area contributed by atoms with Crippen molar-refractivity contribution in [2.75, 3.05) is 13.2 Å². The van der Waals surface area contributed by atoms with Gasteiger partial charge >= 0.3 is 6.18 Å². The first-order valence-corrected chi connectivity index (χ1v) is 10.5. The van der Waals surface area contributed by atoms with Crippen molar-refractivity contribution < 1.29 is 36.5 Å². The molecule has 2 rings (SSSR count). The normalized spacial score (nSPS) is 13.4.